The molecule has 4 fully saturated rings. The minimum atomic E-state index is 0.295. The molecule has 1 aromatic heterocycles. The molecule has 20 heavy (non-hydrogen) atoms. The van der Waals surface area contributed by atoms with E-state index in [1.807, 2.05) is 25.2 Å². The highest BCUT2D eigenvalue weighted by molar-refractivity contribution is 5.48. The molecule has 0 aliphatic heterocycles. The van der Waals surface area contributed by atoms with Crippen molar-refractivity contribution in [3.05, 3.63) is 11.8 Å². The Balaban J connectivity index is 1.73. The number of nitrogen functional groups attached to an aromatic ring is 1. The Kier molecular flexibility index (Phi) is 2.54. The fourth-order valence-corrected chi connectivity index (χ4v) is 5.45. The van der Waals surface area contributed by atoms with Crippen LogP contribution < -0.4 is 10.6 Å². The van der Waals surface area contributed by atoms with Gasteiger partial charge in [-0.05, 0) is 56.3 Å². The Morgan fingerprint density at radius 2 is 1.65 bits per heavy atom. The number of hydrogen-bond donors (Lipinski definition) is 1. The van der Waals surface area contributed by atoms with Gasteiger partial charge in [-0.2, -0.15) is 4.98 Å². The lowest BCUT2D eigenvalue weighted by molar-refractivity contribution is -0.00509. The second kappa shape index (κ2) is 4.09. The van der Waals surface area contributed by atoms with Gasteiger partial charge in [0.05, 0.1) is 0 Å². The predicted molar refractivity (Wildman–Crippen MR) is 80.6 cm³/mol. The molecule has 0 aromatic carbocycles. The number of nitrogens with two attached hydrogens (primary N) is 1. The first-order chi connectivity index (χ1) is 9.56. The van der Waals surface area contributed by atoms with Gasteiger partial charge < -0.3 is 10.6 Å². The van der Waals surface area contributed by atoms with Gasteiger partial charge in [0, 0.05) is 31.3 Å². The summed E-state index contributed by atoms with van der Waals surface area (Å²) in [6.45, 7) is 0. The van der Waals surface area contributed by atoms with Gasteiger partial charge in [-0.3, -0.25) is 0 Å². The molecule has 0 spiro atoms. The van der Waals surface area contributed by atoms with Crippen molar-refractivity contribution >= 4 is 11.8 Å². The molecule has 0 radical (unpaired) electrons. The van der Waals surface area contributed by atoms with E-state index < -0.39 is 0 Å². The van der Waals surface area contributed by atoms with Crippen LogP contribution in [0, 0.1) is 17.8 Å². The summed E-state index contributed by atoms with van der Waals surface area (Å²) in [6.07, 6.45) is 10.3. The van der Waals surface area contributed by atoms with E-state index in [1.54, 1.807) is 0 Å². The van der Waals surface area contributed by atoms with Gasteiger partial charge in [0.15, 0.2) is 0 Å². The van der Waals surface area contributed by atoms with Crippen LogP contribution in [-0.4, -0.2) is 24.1 Å². The number of aromatic nitrogens is 2. The van der Waals surface area contributed by atoms with Gasteiger partial charge in [0.1, 0.15) is 5.82 Å². The van der Waals surface area contributed by atoms with Crippen molar-refractivity contribution in [2.45, 2.75) is 43.9 Å². The maximum absolute atomic E-state index is 6.30. The van der Waals surface area contributed by atoms with E-state index in [2.05, 4.69) is 9.97 Å². The first-order valence-electron chi connectivity index (χ1n) is 7.86. The third-order valence-electron chi connectivity index (χ3n) is 5.82. The van der Waals surface area contributed by atoms with Crippen molar-refractivity contribution in [2.24, 2.45) is 17.8 Å². The third kappa shape index (κ3) is 1.73. The average Bonchev–Trinajstić information content (AvgIpc) is 2.36. The van der Waals surface area contributed by atoms with Crippen molar-refractivity contribution in [3.63, 3.8) is 0 Å². The zero-order chi connectivity index (χ0) is 13.9. The average molecular weight is 272 g/mol. The van der Waals surface area contributed by atoms with E-state index in [-0.39, 0.29) is 0 Å². The highest BCUT2D eigenvalue weighted by Crippen LogP contribution is 2.61. The van der Waals surface area contributed by atoms with E-state index in [4.69, 9.17) is 5.73 Å². The zero-order valence-corrected chi connectivity index (χ0v) is 12.5. The van der Waals surface area contributed by atoms with Crippen molar-refractivity contribution in [2.75, 3.05) is 24.7 Å². The fraction of sp³-hybridized carbons (Fsp3) is 0.750. The van der Waals surface area contributed by atoms with Gasteiger partial charge in [-0.1, -0.05) is 0 Å². The minimum absolute atomic E-state index is 0.295. The van der Waals surface area contributed by atoms with E-state index >= 15 is 0 Å². The molecule has 0 amide bonds. The van der Waals surface area contributed by atoms with Crippen LogP contribution in [0.3, 0.4) is 0 Å². The molecule has 4 nitrogen and oxygen atoms in total. The maximum Gasteiger partial charge on any atom is 0.226 e. The largest absolute Gasteiger partial charge is 0.383 e. The Labute approximate surface area is 120 Å². The molecule has 4 saturated carbocycles. The fourth-order valence-electron chi connectivity index (χ4n) is 5.45. The smallest absolute Gasteiger partial charge is 0.226 e. The summed E-state index contributed by atoms with van der Waals surface area (Å²) in [5.41, 5.74) is 7.84. The molecule has 4 bridgehead atoms. The highest BCUT2D eigenvalue weighted by atomic mass is 15.2. The van der Waals surface area contributed by atoms with Crippen LogP contribution in [0.4, 0.5) is 11.8 Å². The van der Waals surface area contributed by atoms with Crippen molar-refractivity contribution < 1.29 is 0 Å². The third-order valence-corrected chi connectivity index (χ3v) is 5.82. The topological polar surface area (TPSA) is 55.0 Å². The summed E-state index contributed by atoms with van der Waals surface area (Å²) in [7, 11) is 3.92. The molecule has 0 saturated heterocycles. The van der Waals surface area contributed by atoms with Crippen LogP contribution in [0.25, 0.3) is 0 Å². The Morgan fingerprint density at radius 3 is 2.10 bits per heavy atom. The zero-order valence-electron chi connectivity index (χ0n) is 12.5. The summed E-state index contributed by atoms with van der Waals surface area (Å²) in [5, 5.41) is 0. The molecule has 4 aliphatic rings. The van der Waals surface area contributed by atoms with E-state index in [1.165, 1.54) is 44.1 Å². The lowest BCUT2D eigenvalue weighted by atomic mass is 9.48. The molecular weight excluding hydrogens is 248 g/mol. The summed E-state index contributed by atoms with van der Waals surface area (Å²) < 4.78 is 0. The quantitative estimate of drug-likeness (QED) is 0.899. The van der Waals surface area contributed by atoms with Crippen LogP contribution >= 0.6 is 0 Å². The van der Waals surface area contributed by atoms with E-state index in [0.717, 1.165) is 23.7 Å². The molecule has 1 aromatic rings. The van der Waals surface area contributed by atoms with Crippen molar-refractivity contribution in [1.82, 2.24) is 9.97 Å². The van der Waals surface area contributed by atoms with Crippen LogP contribution in [-0.2, 0) is 5.41 Å². The van der Waals surface area contributed by atoms with Crippen LogP contribution in [0.15, 0.2) is 6.20 Å². The van der Waals surface area contributed by atoms with Gasteiger partial charge in [-0.15, -0.1) is 0 Å². The lowest BCUT2D eigenvalue weighted by Crippen LogP contribution is -2.49. The summed E-state index contributed by atoms with van der Waals surface area (Å²) in [6, 6.07) is 0. The lowest BCUT2D eigenvalue weighted by Gasteiger charge is -2.57. The van der Waals surface area contributed by atoms with E-state index in [0.29, 0.717) is 11.2 Å². The van der Waals surface area contributed by atoms with Crippen LogP contribution in [0.5, 0.6) is 0 Å². The monoisotopic (exact) mass is 272 g/mol. The number of hydrogen-bond acceptors (Lipinski definition) is 4. The molecule has 2 N–H and O–H groups in total. The van der Waals surface area contributed by atoms with Crippen LogP contribution in [0.2, 0.25) is 0 Å². The molecular formula is C16H24N4. The predicted octanol–water partition coefficient (Wildman–Crippen LogP) is 2.59. The van der Waals surface area contributed by atoms with Gasteiger partial charge in [-0.25, -0.2) is 4.98 Å². The summed E-state index contributed by atoms with van der Waals surface area (Å²) in [4.78, 5) is 11.0. The molecule has 1 heterocycles. The van der Waals surface area contributed by atoms with Gasteiger partial charge >= 0.3 is 0 Å². The van der Waals surface area contributed by atoms with Gasteiger partial charge in [0.2, 0.25) is 5.95 Å². The second-order valence-electron chi connectivity index (χ2n) is 7.56. The van der Waals surface area contributed by atoms with Crippen molar-refractivity contribution in [3.8, 4) is 0 Å². The molecule has 4 heteroatoms. The standard InChI is InChI=1S/C16H24N4/c1-20(2)15-18-9-13(14(17)19-15)16-6-10-3-11(7-16)5-12(4-10)8-16/h9-12H,3-8H2,1-2H3,(H2,17,18,19). The second-order valence-corrected chi connectivity index (χ2v) is 7.56. The Morgan fingerprint density at radius 1 is 1.10 bits per heavy atom. The molecule has 0 unspecified atom stereocenters. The molecule has 108 valence electrons. The molecule has 0 atom stereocenters. The molecule has 5 rings (SSSR count). The Hall–Kier alpha value is -1.32. The Bertz CT molecular complexity index is 502. The minimum Gasteiger partial charge on any atom is -0.383 e. The first-order valence-corrected chi connectivity index (χ1v) is 7.86. The highest BCUT2D eigenvalue weighted by Gasteiger charge is 2.52. The summed E-state index contributed by atoms with van der Waals surface area (Å²) >= 11 is 0. The number of rotatable bonds is 2. The maximum atomic E-state index is 6.30. The first kappa shape index (κ1) is 12.4. The van der Waals surface area contributed by atoms with Crippen LogP contribution in [0.1, 0.15) is 44.1 Å². The molecule has 4 aliphatic carbocycles. The number of anilines is 2. The SMILES string of the molecule is CN(C)c1ncc(C23CC4CC(CC(C4)C2)C3)c(N)n1. The van der Waals surface area contributed by atoms with E-state index in [9.17, 15) is 0 Å². The summed E-state index contributed by atoms with van der Waals surface area (Å²) in [5.74, 6) is 4.21. The van der Waals surface area contributed by atoms with Gasteiger partial charge in [0.25, 0.3) is 0 Å². The normalized spacial score (nSPS) is 38.2. The van der Waals surface area contributed by atoms with Crippen molar-refractivity contribution in [1.29, 1.82) is 0 Å². The number of nitrogens with zero attached hydrogens (tertiary/aromatic N) is 3.